The van der Waals surface area contributed by atoms with E-state index in [1.165, 1.54) is 5.69 Å². The van der Waals surface area contributed by atoms with Crippen LogP contribution in [0, 0.1) is 0 Å². The first-order valence-corrected chi connectivity index (χ1v) is 10.7. The van der Waals surface area contributed by atoms with Crippen molar-refractivity contribution < 1.29 is 14.3 Å². The maximum atomic E-state index is 13.4. The molecule has 0 radical (unpaired) electrons. The first kappa shape index (κ1) is 19.5. The molecule has 1 aromatic heterocycles. The van der Waals surface area contributed by atoms with Gasteiger partial charge in [0.25, 0.3) is 5.91 Å². The summed E-state index contributed by atoms with van der Waals surface area (Å²) in [4.78, 5) is 17.6. The molecule has 31 heavy (non-hydrogen) atoms. The van der Waals surface area contributed by atoms with Crippen LogP contribution in [0.2, 0.25) is 0 Å². The highest BCUT2D eigenvalue weighted by Crippen LogP contribution is 2.35. The summed E-state index contributed by atoms with van der Waals surface area (Å²) in [6.07, 6.45) is 2.66. The van der Waals surface area contributed by atoms with Crippen molar-refractivity contribution in [2.45, 2.75) is 6.42 Å². The van der Waals surface area contributed by atoms with Crippen molar-refractivity contribution in [2.75, 3.05) is 44.3 Å². The number of piperazine rings is 1. The maximum Gasteiger partial charge on any atom is 0.257 e. The van der Waals surface area contributed by atoms with Crippen LogP contribution in [0.25, 0.3) is 11.3 Å². The molecule has 2 aromatic carbocycles. The van der Waals surface area contributed by atoms with Gasteiger partial charge in [0.2, 0.25) is 0 Å². The van der Waals surface area contributed by atoms with Crippen LogP contribution < -0.4 is 14.4 Å². The highest BCUT2D eigenvalue weighted by atomic mass is 16.5. The van der Waals surface area contributed by atoms with Crippen molar-refractivity contribution in [1.29, 1.82) is 0 Å². The van der Waals surface area contributed by atoms with Crippen molar-refractivity contribution >= 4 is 11.6 Å². The average molecular weight is 418 g/mol. The number of carbonyl (C=O) groups excluding carboxylic acids is 1. The molecule has 0 spiro atoms. The summed E-state index contributed by atoms with van der Waals surface area (Å²) in [5.41, 5.74) is 3.35. The van der Waals surface area contributed by atoms with Gasteiger partial charge in [0.05, 0.1) is 18.8 Å². The quantitative estimate of drug-likeness (QED) is 0.654. The predicted octanol–water partition coefficient (Wildman–Crippen LogP) is 3.21. The summed E-state index contributed by atoms with van der Waals surface area (Å²) in [5.74, 6) is 1.46. The largest absolute Gasteiger partial charge is 0.490 e. The topological polar surface area (TPSA) is 59.8 Å². The van der Waals surface area contributed by atoms with E-state index in [-0.39, 0.29) is 5.91 Å². The molecule has 7 nitrogen and oxygen atoms in total. The van der Waals surface area contributed by atoms with E-state index in [1.807, 2.05) is 54.5 Å². The number of aryl methyl sites for hydroxylation is 1. The van der Waals surface area contributed by atoms with E-state index in [1.54, 1.807) is 4.68 Å². The van der Waals surface area contributed by atoms with E-state index in [9.17, 15) is 4.79 Å². The fourth-order valence-corrected chi connectivity index (χ4v) is 4.15. The number of nitrogens with zero attached hydrogens (tertiary/aromatic N) is 4. The minimum absolute atomic E-state index is 0.0166. The lowest BCUT2D eigenvalue weighted by Crippen LogP contribution is -2.48. The van der Waals surface area contributed by atoms with Gasteiger partial charge in [-0.25, -0.2) is 0 Å². The number of anilines is 1. The van der Waals surface area contributed by atoms with E-state index in [2.05, 4.69) is 22.1 Å². The summed E-state index contributed by atoms with van der Waals surface area (Å²) in [6, 6.07) is 16.1. The van der Waals surface area contributed by atoms with Gasteiger partial charge in [0.1, 0.15) is 5.69 Å². The fraction of sp³-hybridized carbons (Fsp3) is 0.333. The molecule has 0 unspecified atom stereocenters. The van der Waals surface area contributed by atoms with Crippen LogP contribution in [0.1, 0.15) is 16.8 Å². The SMILES string of the molecule is Cn1cc(C(=O)N2CCN(c3ccccc3)CC2)c(-c2ccc3c(c2)OCCCO3)n1. The van der Waals surface area contributed by atoms with Crippen molar-refractivity contribution in [3.8, 4) is 22.8 Å². The van der Waals surface area contributed by atoms with Gasteiger partial charge >= 0.3 is 0 Å². The third-order valence-electron chi connectivity index (χ3n) is 5.77. The number of fused-ring (bicyclic) bond motifs is 1. The molecule has 160 valence electrons. The van der Waals surface area contributed by atoms with Gasteiger partial charge in [-0.3, -0.25) is 9.48 Å². The van der Waals surface area contributed by atoms with Crippen molar-refractivity contribution in [3.05, 3.63) is 60.3 Å². The Morgan fingerprint density at radius 1 is 0.935 bits per heavy atom. The second-order valence-corrected chi connectivity index (χ2v) is 7.89. The molecule has 3 aromatic rings. The van der Waals surface area contributed by atoms with E-state index in [0.29, 0.717) is 43.3 Å². The third kappa shape index (κ3) is 3.95. The second-order valence-electron chi connectivity index (χ2n) is 7.89. The van der Waals surface area contributed by atoms with Crippen molar-refractivity contribution in [3.63, 3.8) is 0 Å². The Hall–Kier alpha value is -3.48. The zero-order valence-electron chi connectivity index (χ0n) is 17.7. The molecular weight excluding hydrogens is 392 g/mol. The van der Waals surface area contributed by atoms with Gasteiger partial charge in [0, 0.05) is 57.1 Å². The van der Waals surface area contributed by atoms with Gasteiger partial charge in [0.15, 0.2) is 11.5 Å². The Labute approximate surface area is 181 Å². The Kier molecular flexibility index (Phi) is 5.24. The standard InChI is InChI=1S/C24H26N4O3/c1-26-17-20(23(25-26)18-8-9-21-22(16-18)31-15-5-14-30-21)24(29)28-12-10-27(11-13-28)19-6-3-2-4-7-19/h2-4,6-9,16-17H,5,10-15H2,1H3. The lowest BCUT2D eigenvalue weighted by molar-refractivity contribution is 0.0747. The summed E-state index contributed by atoms with van der Waals surface area (Å²) in [7, 11) is 1.84. The van der Waals surface area contributed by atoms with Crippen molar-refractivity contribution in [1.82, 2.24) is 14.7 Å². The van der Waals surface area contributed by atoms with E-state index in [4.69, 9.17) is 9.47 Å². The van der Waals surface area contributed by atoms with Crippen LogP contribution >= 0.6 is 0 Å². The third-order valence-corrected chi connectivity index (χ3v) is 5.77. The molecule has 0 aliphatic carbocycles. The second kappa shape index (κ2) is 8.34. The highest BCUT2D eigenvalue weighted by Gasteiger charge is 2.26. The lowest BCUT2D eigenvalue weighted by Gasteiger charge is -2.36. The lowest BCUT2D eigenvalue weighted by atomic mass is 10.1. The van der Waals surface area contributed by atoms with Crippen molar-refractivity contribution in [2.24, 2.45) is 7.05 Å². The van der Waals surface area contributed by atoms with Crippen LogP contribution in [-0.4, -0.2) is 60.0 Å². The molecule has 1 fully saturated rings. The minimum Gasteiger partial charge on any atom is -0.490 e. The molecule has 2 aliphatic heterocycles. The summed E-state index contributed by atoms with van der Waals surface area (Å²) in [6.45, 7) is 4.27. The Morgan fingerprint density at radius 2 is 1.68 bits per heavy atom. The number of amides is 1. The molecule has 0 saturated carbocycles. The van der Waals surface area contributed by atoms with Gasteiger partial charge in [-0.15, -0.1) is 0 Å². The summed E-state index contributed by atoms with van der Waals surface area (Å²) in [5, 5.41) is 4.59. The summed E-state index contributed by atoms with van der Waals surface area (Å²) < 4.78 is 13.3. The summed E-state index contributed by atoms with van der Waals surface area (Å²) >= 11 is 0. The molecule has 5 rings (SSSR count). The predicted molar refractivity (Wildman–Crippen MR) is 119 cm³/mol. The maximum absolute atomic E-state index is 13.4. The number of hydrogen-bond acceptors (Lipinski definition) is 5. The molecule has 3 heterocycles. The first-order chi connectivity index (χ1) is 15.2. The van der Waals surface area contributed by atoms with Crippen LogP contribution in [0.3, 0.4) is 0 Å². The first-order valence-electron chi connectivity index (χ1n) is 10.7. The Bertz CT molecular complexity index is 1070. The molecule has 0 N–H and O–H groups in total. The minimum atomic E-state index is 0.0166. The normalized spacial score (nSPS) is 16.2. The average Bonchev–Trinajstić information content (AvgIpc) is 3.05. The molecular formula is C24H26N4O3. The van der Waals surface area contributed by atoms with Gasteiger partial charge in [-0.05, 0) is 30.3 Å². The number of hydrogen-bond donors (Lipinski definition) is 0. The zero-order chi connectivity index (χ0) is 21.2. The molecule has 1 saturated heterocycles. The van der Waals surface area contributed by atoms with Crippen LogP contribution in [0.4, 0.5) is 5.69 Å². The van der Waals surface area contributed by atoms with E-state index >= 15 is 0 Å². The Balaban J connectivity index is 1.36. The van der Waals surface area contributed by atoms with Crippen LogP contribution in [0.15, 0.2) is 54.7 Å². The monoisotopic (exact) mass is 418 g/mol. The molecule has 2 aliphatic rings. The van der Waals surface area contributed by atoms with Crippen LogP contribution in [0.5, 0.6) is 11.5 Å². The molecule has 0 atom stereocenters. The number of para-hydroxylation sites is 1. The fourth-order valence-electron chi connectivity index (χ4n) is 4.15. The zero-order valence-corrected chi connectivity index (χ0v) is 17.7. The van der Waals surface area contributed by atoms with Gasteiger partial charge in [-0.2, -0.15) is 5.10 Å². The van der Waals surface area contributed by atoms with Crippen LogP contribution in [-0.2, 0) is 7.05 Å². The number of rotatable bonds is 3. The van der Waals surface area contributed by atoms with Gasteiger partial charge < -0.3 is 19.3 Å². The number of benzene rings is 2. The number of aromatic nitrogens is 2. The molecule has 1 amide bonds. The van der Waals surface area contributed by atoms with E-state index < -0.39 is 0 Å². The molecule has 0 bridgehead atoms. The van der Waals surface area contributed by atoms with Gasteiger partial charge in [-0.1, -0.05) is 18.2 Å². The highest BCUT2D eigenvalue weighted by molar-refractivity contribution is 6.00. The number of carbonyl (C=O) groups is 1. The Morgan fingerprint density at radius 3 is 2.45 bits per heavy atom. The smallest absolute Gasteiger partial charge is 0.257 e. The number of ether oxygens (including phenoxy) is 2. The molecule has 7 heteroatoms. The van der Waals surface area contributed by atoms with E-state index in [0.717, 1.165) is 30.8 Å².